The van der Waals surface area contributed by atoms with Crippen LogP contribution in [0.3, 0.4) is 0 Å². The van der Waals surface area contributed by atoms with Gasteiger partial charge >= 0.3 is 6.18 Å². The van der Waals surface area contributed by atoms with E-state index in [0.717, 1.165) is 12.3 Å². The summed E-state index contributed by atoms with van der Waals surface area (Å²) in [5, 5.41) is 6.02. The molecule has 3 heterocycles. The number of hydrogen-bond donors (Lipinski definition) is 5. The minimum absolute atomic E-state index is 0.00584. The predicted octanol–water partition coefficient (Wildman–Crippen LogP) is 2.46. The lowest BCUT2D eigenvalue weighted by molar-refractivity contribution is -0.137. The molecular weight excluding hydrogens is 546 g/mol. The number of halogens is 4. The Labute approximate surface area is 234 Å². The zero-order chi connectivity index (χ0) is 29.4. The number of hydrazine groups is 1. The summed E-state index contributed by atoms with van der Waals surface area (Å²) in [7, 11) is 0. The Hall–Kier alpha value is -4.37. The Morgan fingerprint density at radius 3 is 2.44 bits per heavy atom. The monoisotopic (exact) mass is 577 g/mol. The van der Waals surface area contributed by atoms with Gasteiger partial charge < -0.3 is 30.9 Å². The molecule has 220 valence electrons. The Balaban J connectivity index is 1.38. The summed E-state index contributed by atoms with van der Waals surface area (Å²) in [5.74, 6) is -1.51. The Morgan fingerprint density at radius 1 is 1.10 bits per heavy atom. The number of nitrogens with two attached hydrogens (primary N) is 1. The average Bonchev–Trinajstić information content (AvgIpc) is 2.99. The summed E-state index contributed by atoms with van der Waals surface area (Å²) in [6.07, 6.45) is -2.43. The van der Waals surface area contributed by atoms with Crippen molar-refractivity contribution < 1.29 is 27.1 Å². The fourth-order valence-corrected chi connectivity index (χ4v) is 4.26. The van der Waals surface area contributed by atoms with E-state index in [9.17, 15) is 22.4 Å². The average molecular weight is 578 g/mol. The van der Waals surface area contributed by atoms with Crippen LogP contribution in [0.25, 0.3) is 0 Å². The smallest absolute Gasteiger partial charge is 0.402 e. The minimum atomic E-state index is -4.53. The third-order valence-electron chi connectivity index (χ3n) is 6.28. The molecule has 2 aliphatic heterocycles. The fourth-order valence-electron chi connectivity index (χ4n) is 4.26. The van der Waals surface area contributed by atoms with Crippen molar-refractivity contribution in [2.75, 3.05) is 62.7 Å². The molecule has 11 nitrogen and oxygen atoms in total. The minimum Gasteiger partial charge on any atom is -0.402 e. The number of amidine groups is 1. The number of alkyl halides is 3. The molecule has 0 saturated carbocycles. The van der Waals surface area contributed by atoms with Gasteiger partial charge in [0.15, 0.2) is 11.7 Å². The molecule has 2 saturated heterocycles. The topological polar surface area (TPSA) is 132 Å². The van der Waals surface area contributed by atoms with Crippen LogP contribution >= 0.6 is 0 Å². The number of aliphatic imine (C=N–C) groups is 1. The number of amides is 1. The number of pyridine rings is 1. The molecule has 0 unspecified atom stereocenters. The Bertz CT molecular complexity index is 1290. The number of carbonyl (C=O) groups excluding carboxylic acids is 1. The number of rotatable bonds is 8. The van der Waals surface area contributed by atoms with Crippen molar-refractivity contribution in [3.8, 4) is 0 Å². The molecule has 0 spiro atoms. The Kier molecular flexibility index (Phi) is 9.62. The molecule has 1 aromatic carbocycles. The van der Waals surface area contributed by atoms with Gasteiger partial charge in [-0.1, -0.05) is 6.58 Å². The molecule has 0 bridgehead atoms. The van der Waals surface area contributed by atoms with Crippen LogP contribution in [0.2, 0.25) is 0 Å². The van der Waals surface area contributed by atoms with E-state index in [2.05, 4.69) is 38.0 Å². The first kappa shape index (κ1) is 29.6. The summed E-state index contributed by atoms with van der Waals surface area (Å²) in [6.45, 7) is 7.46. The first-order valence-corrected chi connectivity index (χ1v) is 12.8. The zero-order valence-corrected chi connectivity index (χ0v) is 22.1. The van der Waals surface area contributed by atoms with Gasteiger partial charge in [0, 0.05) is 56.8 Å². The van der Waals surface area contributed by atoms with Gasteiger partial charge in [0.05, 0.1) is 30.7 Å². The van der Waals surface area contributed by atoms with Crippen molar-refractivity contribution in [2.45, 2.75) is 6.18 Å². The number of carbonyl (C=O) groups is 1. The molecule has 1 amide bonds. The third-order valence-corrected chi connectivity index (χ3v) is 6.28. The number of morpholine rings is 1. The van der Waals surface area contributed by atoms with E-state index in [1.54, 1.807) is 15.9 Å². The summed E-state index contributed by atoms with van der Waals surface area (Å²) in [4.78, 5) is 24.0. The summed E-state index contributed by atoms with van der Waals surface area (Å²) >= 11 is 0. The number of nitrogens with one attached hydrogen (secondary N) is 4. The maximum atomic E-state index is 14.3. The molecule has 0 atom stereocenters. The van der Waals surface area contributed by atoms with E-state index >= 15 is 0 Å². The van der Waals surface area contributed by atoms with E-state index in [1.165, 1.54) is 24.4 Å². The third kappa shape index (κ3) is 7.85. The van der Waals surface area contributed by atoms with Gasteiger partial charge in [0.2, 0.25) is 0 Å². The first-order chi connectivity index (χ1) is 19.7. The van der Waals surface area contributed by atoms with E-state index in [1.807, 2.05) is 0 Å². The van der Waals surface area contributed by atoms with Crippen molar-refractivity contribution in [1.29, 1.82) is 0 Å². The van der Waals surface area contributed by atoms with E-state index in [4.69, 9.17) is 10.5 Å². The van der Waals surface area contributed by atoms with Gasteiger partial charge in [0.1, 0.15) is 11.5 Å². The predicted molar refractivity (Wildman–Crippen MR) is 147 cm³/mol. The molecule has 4 rings (SSSR count). The molecule has 41 heavy (non-hydrogen) atoms. The van der Waals surface area contributed by atoms with Crippen molar-refractivity contribution in [3.63, 3.8) is 0 Å². The Morgan fingerprint density at radius 2 is 1.80 bits per heavy atom. The molecule has 0 aliphatic carbocycles. The molecule has 2 aliphatic rings. The highest BCUT2D eigenvalue weighted by Gasteiger charge is 2.35. The van der Waals surface area contributed by atoms with Crippen molar-refractivity contribution in [1.82, 2.24) is 26.1 Å². The normalized spacial score (nSPS) is 16.8. The van der Waals surface area contributed by atoms with Crippen LogP contribution in [-0.2, 0) is 10.9 Å². The van der Waals surface area contributed by atoms with Gasteiger partial charge in [-0.25, -0.2) is 14.4 Å². The van der Waals surface area contributed by atoms with Crippen molar-refractivity contribution >= 4 is 28.8 Å². The van der Waals surface area contributed by atoms with Crippen LogP contribution in [0.1, 0.15) is 16.1 Å². The molecule has 1 aromatic heterocycles. The summed E-state index contributed by atoms with van der Waals surface area (Å²) in [5.41, 5.74) is 10.2. The van der Waals surface area contributed by atoms with Crippen molar-refractivity contribution in [2.24, 2.45) is 10.7 Å². The standard InChI is InChI=1S/C26H31F4N9O2/c1-17(34-24(21(27)15-31)39-10-12-41-13-11-39)36-37-25(40)22-4-2-19(16-33-22)35-18-3-5-23(20(14-18)26(28,29)30)38-8-6-32-7-9-38/h2-5,14-16,32,35-36H,1,6-13,31H2,(H,37,40)/b21-15+,34-24?. The zero-order valence-electron chi connectivity index (χ0n) is 22.1. The van der Waals surface area contributed by atoms with Gasteiger partial charge in [-0.05, 0) is 30.3 Å². The van der Waals surface area contributed by atoms with E-state index in [-0.39, 0.29) is 28.7 Å². The highest BCUT2D eigenvalue weighted by atomic mass is 19.4. The largest absolute Gasteiger partial charge is 0.418 e. The highest BCUT2D eigenvalue weighted by molar-refractivity contribution is 5.97. The van der Waals surface area contributed by atoms with Gasteiger partial charge in [-0.15, -0.1) is 0 Å². The molecule has 2 aromatic rings. The SMILES string of the molecule is C=C(N=C(/C(F)=C\N)N1CCOCC1)NNC(=O)c1ccc(Nc2ccc(N3CCNCC3)c(C(F)(F)F)c2)cn1. The second-order valence-corrected chi connectivity index (χ2v) is 9.10. The number of nitrogens with zero attached hydrogens (tertiary/aromatic N) is 4. The fraction of sp³-hybridized carbons (Fsp3) is 0.346. The molecule has 2 fully saturated rings. The maximum absolute atomic E-state index is 14.3. The molecular formula is C26H31F4N9O2. The van der Waals surface area contributed by atoms with Crippen LogP contribution in [0.15, 0.2) is 65.9 Å². The van der Waals surface area contributed by atoms with Crippen LogP contribution < -0.4 is 32.1 Å². The second-order valence-electron chi connectivity index (χ2n) is 9.10. The summed E-state index contributed by atoms with van der Waals surface area (Å²) in [6, 6.07) is 6.97. The number of aromatic nitrogens is 1. The van der Waals surface area contributed by atoms with Crippen LogP contribution in [0.5, 0.6) is 0 Å². The molecule has 0 radical (unpaired) electrons. The van der Waals surface area contributed by atoms with Gasteiger partial charge in [0.25, 0.3) is 5.91 Å². The second kappa shape index (κ2) is 13.3. The lowest BCUT2D eigenvalue weighted by atomic mass is 10.1. The van der Waals surface area contributed by atoms with Crippen LogP contribution in [0.4, 0.5) is 34.6 Å². The van der Waals surface area contributed by atoms with Gasteiger partial charge in [-0.3, -0.25) is 15.6 Å². The van der Waals surface area contributed by atoms with Crippen LogP contribution in [0, 0.1) is 0 Å². The quantitative estimate of drug-likeness (QED) is 0.139. The maximum Gasteiger partial charge on any atom is 0.418 e. The van der Waals surface area contributed by atoms with E-state index < -0.39 is 23.5 Å². The van der Waals surface area contributed by atoms with Crippen molar-refractivity contribution in [3.05, 3.63) is 72.2 Å². The molecule has 6 N–H and O–H groups in total. The number of hydrogen-bond acceptors (Lipinski definition) is 9. The number of piperazine rings is 1. The lowest BCUT2D eigenvalue weighted by Crippen LogP contribution is -2.44. The summed E-state index contributed by atoms with van der Waals surface area (Å²) < 4.78 is 61.0. The molecule has 15 heteroatoms. The number of ether oxygens (including phenoxy) is 1. The number of benzene rings is 1. The van der Waals surface area contributed by atoms with Gasteiger partial charge in [-0.2, -0.15) is 13.2 Å². The lowest BCUT2D eigenvalue weighted by Gasteiger charge is -2.31. The number of anilines is 3. The van der Waals surface area contributed by atoms with E-state index in [0.29, 0.717) is 58.2 Å². The first-order valence-electron chi connectivity index (χ1n) is 12.8. The highest BCUT2D eigenvalue weighted by Crippen LogP contribution is 2.39. The van der Waals surface area contributed by atoms with Crippen LogP contribution in [-0.4, -0.2) is 74.1 Å².